The SMILES string of the molecule is COc1cnc(C2(O)CCN(C(=O)c3cccnc3)CC2)c(OC)n1. The molecule has 8 nitrogen and oxygen atoms in total. The molecule has 2 aromatic rings. The molecule has 3 rings (SSSR count). The van der Waals surface area contributed by atoms with Gasteiger partial charge in [0.1, 0.15) is 11.3 Å². The lowest BCUT2D eigenvalue weighted by Crippen LogP contribution is -2.45. The molecule has 1 amide bonds. The first-order valence-electron chi connectivity index (χ1n) is 7.94. The summed E-state index contributed by atoms with van der Waals surface area (Å²) in [6.07, 6.45) is 5.30. The quantitative estimate of drug-likeness (QED) is 0.884. The van der Waals surface area contributed by atoms with Crippen LogP contribution in [0.2, 0.25) is 0 Å². The maximum Gasteiger partial charge on any atom is 0.255 e. The first kappa shape index (κ1) is 17.1. The van der Waals surface area contributed by atoms with Crippen LogP contribution in [0.1, 0.15) is 28.9 Å². The van der Waals surface area contributed by atoms with Crippen molar-refractivity contribution in [3.63, 3.8) is 0 Å². The van der Waals surface area contributed by atoms with Gasteiger partial charge in [-0.25, -0.2) is 4.98 Å². The Kier molecular flexibility index (Phi) is 4.80. The first-order valence-corrected chi connectivity index (χ1v) is 7.94. The third-order valence-electron chi connectivity index (χ3n) is 4.35. The second-order valence-corrected chi connectivity index (χ2v) is 5.84. The van der Waals surface area contributed by atoms with Crippen molar-refractivity contribution in [1.82, 2.24) is 19.9 Å². The summed E-state index contributed by atoms with van der Waals surface area (Å²) in [5.74, 6) is 0.449. The van der Waals surface area contributed by atoms with Gasteiger partial charge in [0.15, 0.2) is 0 Å². The van der Waals surface area contributed by atoms with Gasteiger partial charge in [-0.3, -0.25) is 9.78 Å². The molecule has 8 heteroatoms. The zero-order valence-electron chi connectivity index (χ0n) is 14.2. The summed E-state index contributed by atoms with van der Waals surface area (Å²) in [7, 11) is 2.96. The fourth-order valence-electron chi connectivity index (χ4n) is 2.91. The number of pyridine rings is 1. The third-order valence-corrected chi connectivity index (χ3v) is 4.35. The monoisotopic (exact) mass is 344 g/mol. The van der Waals surface area contributed by atoms with Gasteiger partial charge in [-0.2, -0.15) is 4.98 Å². The van der Waals surface area contributed by atoms with Crippen LogP contribution in [0.5, 0.6) is 11.8 Å². The zero-order chi connectivity index (χ0) is 17.9. The molecule has 0 aromatic carbocycles. The molecule has 0 spiro atoms. The lowest BCUT2D eigenvalue weighted by molar-refractivity contribution is -0.0265. The largest absolute Gasteiger partial charge is 0.480 e. The van der Waals surface area contributed by atoms with E-state index in [2.05, 4.69) is 15.0 Å². The van der Waals surface area contributed by atoms with Gasteiger partial charge in [0.2, 0.25) is 11.8 Å². The van der Waals surface area contributed by atoms with E-state index in [-0.39, 0.29) is 11.8 Å². The fourth-order valence-corrected chi connectivity index (χ4v) is 2.91. The van der Waals surface area contributed by atoms with Crippen LogP contribution in [0.4, 0.5) is 0 Å². The average molecular weight is 344 g/mol. The van der Waals surface area contributed by atoms with Gasteiger partial charge in [-0.05, 0) is 25.0 Å². The second-order valence-electron chi connectivity index (χ2n) is 5.84. The van der Waals surface area contributed by atoms with Crippen LogP contribution in [-0.4, -0.2) is 58.2 Å². The summed E-state index contributed by atoms with van der Waals surface area (Å²) in [4.78, 5) is 26.6. The van der Waals surface area contributed by atoms with Gasteiger partial charge >= 0.3 is 0 Å². The van der Waals surface area contributed by atoms with Gasteiger partial charge in [-0.15, -0.1) is 0 Å². The van der Waals surface area contributed by atoms with Crippen LogP contribution >= 0.6 is 0 Å². The van der Waals surface area contributed by atoms with Crippen LogP contribution in [-0.2, 0) is 5.60 Å². The molecule has 0 atom stereocenters. The van der Waals surface area contributed by atoms with Gasteiger partial charge in [0.25, 0.3) is 5.91 Å². The number of ether oxygens (including phenoxy) is 2. The van der Waals surface area contributed by atoms with E-state index < -0.39 is 5.60 Å². The van der Waals surface area contributed by atoms with Crippen molar-refractivity contribution in [2.24, 2.45) is 0 Å². The maximum atomic E-state index is 12.5. The molecule has 1 fully saturated rings. The molecule has 0 bridgehead atoms. The Balaban J connectivity index is 1.76. The van der Waals surface area contributed by atoms with Gasteiger partial charge in [0, 0.05) is 25.5 Å². The fraction of sp³-hybridized carbons (Fsp3) is 0.412. The molecular weight excluding hydrogens is 324 g/mol. The molecule has 25 heavy (non-hydrogen) atoms. The van der Waals surface area contributed by atoms with Crippen LogP contribution < -0.4 is 9.47 Å². The van der Waals surface area contributed by atoms with E-state index in [4.69, 9.17) is 9.47 Å². The summed E-state index contributed by atoms with van der Waals surface area (Å²) < 4.78 is 10.3. The van der Waals surface area contributed by atoms with Crippen molar-refractivity contribution in [3.05, 3.63) is 42.0 Å². The van der Waals surface area contributed by atoms with E-state index in [0.717, 1.165) is 0 Å². The van der Waals surface area contributed by atoms with Crippen molar-refractivity contribution in [2.75, 3.05) is 27.3 Å². The van der Waals surface area contributed by atoms with Crippen LogP contribution in [0.25, 0.3) is 0 Å². The van der Waals surface area contributed by atoms with Crippen molar-refractivity contribution in [3.8, 4) is 11.8 Å². The Bertz CT molecular complexity index is 746. The van der Waals surface area contributed by atoms with E-state index in [1.54, 1.807) is 29.4 Å². The summed E-state index contributed by atoms with van der Waals surface area (Å²) in [5.41, 5.74) is -0.296. The van der Waals surface area contributed by atoms with Gasteiger partial charge in [-0.1, -0.05) is 0 Å². The number of aromatic nitrogens is 3. The predicted molar refractivity (Wildman–Crippen MR) is 88.4 cm³/mol. The molecule has 0 aliphatic carbocycles. The third kappa shape index (κ3) is 3.39. The number of methoxy groups -OCH3 is 2. The molecule has 1 aliphatic heterocycles. The molecule has 2 aromatic heterocycles. The number of piperidine rings is 1. The summed E-state index contributed by atoms with van der Waals surface area (Å²) >= 11 is 0. The minimum Gasteiger partial charge on any atom is -0.480 e. The summed E-state index contributed by atoms with van der Waals surface area (Å²) in [6.45, 7) is 0.808. The van der Waals surface area contributed by atoms with Gasteiger partial charge in [0.05, 0.1) is 26.0 Å². The maximum absolute atomic E-state index is 12.5. The highest BCUT2D eigenvalue weighted by Gasteiger charge is 2.39. The number of amides is 1. The number of aliphatic hydroxyl groups is 1. The lowest BCUT2D eigenvalue weighted by Gasteiger charge is -2.37. The Labute approximate surface area is 145 Å². The summed E-state index contributed by atoms with van der Waals surface area (Å²) in [5, 5.41) is 11.0. The molecule has 132 valence electrons. The highest BCUT2D eigenvalue weighted by Crippen LogP contribution is 2.36. The van der Waals surface area contributed by atoms with Crippen LogP contribution in [0.15, 0.2) is 30.7 Å². The number of likely N-dealkylation sites (tertiary alicyclic amines) is 1. The van der Waals surface area contributed by atoms with E-state index >= 15 is 0 Å². The second kappa shape index (κ2) is 7.02. The highest BCUT2D eigenvalue weighted by molar-refractivity contribution is 5.93. The van der Waals surface area contributed by atoms with Gasteiger partial charge < -0.3 is 19.5 Å². The highest BCUT2D eigenvalue weighted by atomic mass is 16.5. The Hall–Kier alpha value is -2.74. The average Bonchev–Trinajstić information content (AvgIpc) is 2.68. The Morgan fingerprint density at radius 1 is 1.24 bits per heavy atom. The number of carbonyl (C=O) groups is 1. The standard InChI is InChI=1S/C17H20N4O4/c1-24-13-11-19-14(15(20-13)25-2)17(23)5-8-21(9-6-17)16(22)12-4-3-7-18-10-12/h3-4,7,10-11,23H,5-6,8-9H2,1-2H3. The number of rotatable bonds is 4. The molecule has 0 saturated carbocycles. The summed E-state index contributed by atoms with van der Waals surface area (Å²) in [6, 6.07) is 3.46. The van der Waals surface area contributed by atoms with Crippen LogP contribution in [0, 0.1) is 0 Å². The minimum absolute atomic E-state index is 0.0945. The number of nitrogens with zero attached hydrogens (tertiary/aromatic N) is 4. The first-order chi connectivity index (χ1) is 12.1. The van der Waals surface area contributed by atoms with E-state index in [1.165, 1.54) is 20.4 Å². The van der Waals surface area contributed by atoms with E-state index in [1.807, 2.05) is 0 Å². The minimum atomic E-state index is -1.20. The normalized spacial score (nSPS) is 16.4. The molecule has 0 unspecified atom stereocenters. The number of hydrogen-bond donors (Lipinski definition) is 1. The number of hydrogen-bond acceptors (Lipinski definition) is 7. The number of carbonyl (C=O) groups excluding carboxylic acids is 1. The van der Waals surface area contributed by atoms with Crippen LogP contribution in [0.3, 0.4) is 0 Å². The molecule has 0 radical (unpaired) electrons. The lowest BCUT2D eigenvalue weighted by atomic mass is 9.87. The smallest absolute Gasteiger partial charge is 0.255 e. The Morgan fingerprint density at radius 3 is 2.60 bits per heavy atom. The predicted octanol–water partition coefficient (Wildman–Crippen LogP) is 1.01. The molecule has 3 heterocycles. The molecular formula is C17H20N4O4. The topological polar surface area (TPSA) is 97.7 Å². The van der Waals surface area contributed by atoms with Crippen molar-refractivity contribution < 1.29 is 19.4 Å². The van der Waals surface area contributed by atoms with Crippen molar-refractivity contribution in [2.45, 2.75) is 18.4 Å². The van der Waals surface area contributed by atoms with Crippen molar-refractivity contribution >= 4 is 5.91 Å². The zero-order valence-corrected chi connectivity index (χ0v) is 14.2. The molecule has 1 saturated heterocycles. The van der Waals surface area contributed by atoms with E-state index in [9.17, 15) is 9.90 Å². The van der Waals surface area contributed by atoms with Crippen molar-refractivity contribution in [1.29, 1.82) is 0 Å². The Morgan fingerprint density at radius 2 is 2.00 bits per heavy atom. The van der Waals surface area contributed by atoms with E-state index in [0.29, 0.717) is 43.1 Å². The molecule has 1 N–H and O–H groups in total. The molecule has 1 aliphatic rings.